The fourth-order valence-electron chi connectivity index (χ4n) is 2.50. The number of rotatable bonds is 3. The number of nitrogens with one attached hydrogen (secondary N) is 1. The second-order valence-electron chi connectivity index (χ2n) is 4.97. The zero-order chi connectivity index (χ0) is 14.8. The third-order valence-electron chi connectivity index (χ3n) is 3.66. The van der Waals surface area contributed by atoms with Crippen molar-refractivity contribution in [2.45, 2.75) is 6.42 Å². The molecule has 1 saturated heterocycles. The largest absolute Gasteiger partial charge is 0.481 e. The van der Waals surface area contributed by atoms with Crippen molar-refractivity contribution < 1.29 is 14.7 Å². The SMILES string of the molecule is O=C(O)C1CCN(C(=O)c2cn[nH]c2-c2ccncc2)C1. The van der Waals surface area contributed by atoms with Crippen LogP contribution in [-0.4, -0.2) is 50.2 Å². The molecule has 1 aliphatic rings. The maximum absolute atomic E-state index is 12.5. The molecule has 2 aromatic heterocycles. The van der Waals surface area contributed by atoms with Crippen LogP contribution in [0, 0.1) is 5.92 Å². The van der Waals surface area contributed by atoms with Crippen molar-refractivity contribution in [1.82, 2.24) is 20.1 Å². The van der Waals surface area contributed by atoms with Crippen molar-refractivity contribution in [2.75, 3.05) is 13.1 Å². The summed E-state index contributed by atoms with van der Waals surface area (Å²) in [6, 6.07) is 3.57. The van der Waals surface area contributed by atoms with E-state index in [9.17, 15) is 9.59 Å². The third kappa shape index (κ3) is 2.49. The van der Waals surface area contributed by atoms with Crippen LogP contribution in [0.1, 0.15) is 16.8 Å². The Morgan fingerprint density at radius 3 is 2.76 bits per heavy atom. The molecule has 21 heavy (non-hydrogen) atoms. The van der Waals surface area contributed by atoms with Gasteiger partial charge in [-0.05, 0) is 18.6 Å². The monoisotopic (exact) mass is 286 g/mol. The standard InChI is InChI=1S/C14H14N4O3/c19-13(18-6-3-10(8-18)14(20)21)11-7-16-17-12(11)9-1-4-15-5-2-9/h1-2,4-5,7,10H,3,6,8H2,(H,16,17)(H,20,21). The number of hydrogen-bond acceptors (Lipinski definition) is 4. The Hall–Kier alpha value is -2.70. The average molecular weight is 286 g/mol. The van der Waals surface area contributed by atoms with Crippen LogP contribution in [0.4, 0.5) is 0 Å². The zero-order valence-electron chi connectivity index (χ0n) is 11.2. The van der Waals surface area contributed by atoms with Gasteiger partial charge < -0.3 is 10.0 Å². The van der Waals surface area contributed by atoms with Crippen LogP contribution < -0.4 is 0 Å². The number of carboxylic acid groups (broad SMARTS) is 1. The maximum Gasteiger partial charge on any atom is 0.308 e. The number of aromatic amines is 1. The fraction of sp³-hybridized carbons (Fsp3) is 0.286. The van der Waals surface area contributed by atoms with Gasteiger partial charge in [0.2, 0.25) is 0 Å². The van der Waals surface area contributed by atoms with Crippen LogP contribution in [0.5, 0.6) is 0 Å². The molecule has 2 N–H and O–H groups in total. The highest BCUT2D eigenvalue weighted by Gasteiger charge is 2.32. The summed E-state index contributed by atoms with van der Waals surface area (Å²) in [5.74, 6) is -1.53. The van der Waals surface area contributed by atoms with Gasteiger partial charge in [0.1, 0.15) is 0 Å². The first-order chi connectivity index (χ1) is 10.2. The minimum absolute atomic E-state index is 0.195. The smallest absolute Gasteiger partial charge is 0.308 e. The van der Waals surface area contributed by atoms with E-state index in [2.05, 4.69) is 15.2 Å². The Labute approximate surface area is 120 Å². The van der Waals surface area contributed by atoms with Crippen LogP contribution in [0.2, 0.25) is 0 Å². The molecule has 1 unspecified atom stereocenters. The van der Waals surface area contributed by atoms with Gasteiger partial charge in [0.15, 0.2) is 0 Å². The Bertz CT molecular complexity index is 668. The number of likely N-dealkylation sites (tertiary alicyclic amines) is 1. The van der Waals surface area contributed by atoms with E-state index in [0.717, 1.165) is 5.56 Å². The summed E-state index contributed by atoms with van der Waals surface area (Å²) in [5.41, 5.74) is 1.90. The van der Waals surface area contributed by atoms with E-state index in [-0.39, 0.29) is 12.5 Å². The number of aliphatic carboxylic acids is 1. The number of aromatic nitrogens is 3. The van der Waals surface area contributed by atoms with Gasteiger partial charge >= 0.3 is 5.97 Å². The lowest BCUT2D eigenvalue weighted by atomic mass is 10.1. The normalized spacial score (nSPS) is 17.9. The topological polar surface area (TPSA) is 99.2 Å². The molecule has 1 aliphatic heterocycles. The first kappa shape index (κ1) is 13.3. The molecule has 1 amide bonds. The first-order valence-electron chi connectivity index (χ1n) is 6.62. The lowest BCUT2D eigenvalue weighted by Crippen LogP contribution is -2.30. The predicted molar refractivity (Wildman–Crippen MR) is 73.5 cm³/mol. The molecule has 1 atom stereocenters. The molecule has 3 rings (SSSR count). The zero-order valence-corrected chi connectivity index (χ0v) is 11.2. The molecule has 3 heterocycles. The Balaban J connectivity index is 1.84. The van der Waals surface area contributed by atoms with Crippen LogP contribution in [0.15, 0.2) is 30.7 Å². The second-order valence-corrected chi connectivity index (χ2v) is 4.97. The van der Waals surface area contributed by atoms with Crippen molar-refractivity contribution in [2.24, 2.45) is 5.92 Å². The number of hydrogen-bond donors (Lipinski definition) is 2. The first-order valence-corrected chi connectivity index (χ1v) is 6.62. The number of carbonyl (C=O) groups is 2. The van der Waals surface area contributed by atoms with E-state index in [1.807, 2.05) is 0 Å². The summed E-state index contributed by atoms with van der Waals surface area (Å²) >= 11 is 0. The summed E-state index contributed by atoms with van der Waals surface area (Å²) in [6.07, 6.45) is 5.25. The number of carboxylic acids is 1. The van der Waals surface area contributed by atoms with Gasteiger partial charge in [-0.15, -0.1) is 0 Å². The van der Waals surface area contributed by atoms with E-state index in [1.165, 1.54) is 6.20 Å². The van der Waals surface area contributed by atoms with Crippen LogP contribution in [0.25, 0.3) is 11.3 Å². The van der Waals surface area contributed by atoms with Crippen molar-refractivity contribution in [3.63, 3.8) is 0 Å². The van der Waals surface area contributed by atoms with Crippen LogP contribution >= 0.6 is 0 Å². The summed E-state index contributed by atoms with van der Waals surface area (Å²) in [7, 11) is 0. The molecule has 7 nitrogen and oxygen atoms in total. The van der Waals surface area contributed by atoms with Gasteiger partial charge in [-0.3, -0.25) is 19.7 Å². The number of H-pyrrole nitrogens is 1. The third-order valence-corrected chi connectivity index (χ3v) is 3.66. The van der Waals surface area contributed by atoms with Gasteiger partial charge in [-0.25, -0.2) is 0 Å². The highest BCUT2D eigenvalue weighted by atomic mass is 16.4. The van der Waals surface area contributed by atoms with Gasteiger partial charge in [-0.1, -0.05) is 0 Å². The van der Waals surface area contributed by atoms with Crippen molar-refractivity contribution in [1.29, 1.82) is 0 Å². The van der Waals surface area contributed by atoms with E-state index >= 15 is 0 Å². The van der Waals surface area contributed by atoms with Crippen molar-refractivity contribution in [3.8, 4) is 11.3 Å². The molecule has 0 spiro atoms. The highest BCUT2D eigenvalue weighted by Crippen LogP contribution is 2.24. The molecule has 1 fully saturated rings. The molecule has 7 heteroatoms. The van der Waals surface area contributed by atoms with Gasteiger partial charge in [0, 0.05) is 31.0 Å². The highest BCUT2D eigenvalue weighted by molar-refractivity contribution is 6.00. The van der Waals surface area contributed by atoms with Crippen molar-refractivity contribution in [3.05, 3.63) is 36.3 Å². The van der Waals surface area contributed by atoms with E-state index in [0.29, 0.717) is 24.2 Å². The Kier molecular flexibility index (Phi) is 3.39. The fourth-order valence-corrected chi connectivity index (χ4v) is 2.50. The molecule has 0 aliphatic carbocycles. The molecule has 0 aromatic carbocycles. The number of carbonyl (C=O) groups excluding carboxylic acids is 1. The number of amides is 1. The number of pyridine rings is 1. The molecule has 0 radical (unpaired) electrons. The van der Waals surface area contributed by atoms with E-state index in [4.69, 9.17) is 5.11 Å². The molecule has 0 saturated carbocycles. The van der Waals surface area contributed by atoms with Gasteiger partial charge in [0.05, 0.1) is 23.4 Å². The summed E-state index contributed by atoms with van der Waals surface area (Å²) in [5, 5.41) is 15.8. The maximum atomic E-state index is 12.5. The molecular formula is C14H14N4O3. The quantitative estimate of drug-likeness (QED) is 0.877. The number of nitrogens with zero attached hydrogens (tertiary/aromatic N) is 3. The minimum Gasteiger partial charge on any atom is -0.481 e. The van der Waals surface area contributed by atoms with Gasteiger partial charge in [0.25, 0.3) is 5.91 Å². The molecule has 0 bridgehead atoms. The average Bonchev–Trinajstić information content (AvgIpc) is 3.17. The van der Waals surface area contributed by atoms with Gasteiger partial charge in [-0.2, -0.15) is 5.10 Å². The Morgan fingerprint density at radius 2 is 2.10 bits per heavy atom. The van der Waals surface area contributed by atoms with Crippen molar-refractivity contribution >= 4 is 11.9 Å². The molecule has 2 aromatic rings. The summed E-state index contributed by atoms with van der Waals surface area (Å²) in [4.78, 5) is 29.0. The lowest BCUT2D eigenvalue weighted by Gasteiger charge is -2.15. The van der Waals surface area contributed by atoms with E-state index < -0.39 is 11.9 Å². The Morgan fingerprint density at radius 1 is 1.33 bits per heavy atom. The summed E-state index contributed by atoms with van der Waals surface area (Å²) < 4.78 is 0. The minimum atomic E-state index is -0.855. The molecule has 108 valence electrons. The van der Waals surface area contributed by atoms with Crippen LogP contribution in [0.3, 0.4) is 0 Å². The second kappa shape index (κ2) is 5.35. The van der Waals surface area contributed by atoms with E-state index in [1.54, 1.807) is 29.4 Å². The summed E-state index contributed by atoms with van der Waals surface area (Å²) in [6.45, 7) is 0.700. The molecular weight excluding hydrogens is 272 g/mol. The lowest BCUT2D eigenvalue weighted by molar-refractivity contribution is -0.141. The van der Waals surface area contributed by atoms with Crippen LogP contribution in [-0.2, 0) is 4.79 Å². The predicted octanol–water partition coefficient (Wildman–Crippen LogP) is 1.02.